The molecule has 0 bridgehead atoms. The van der Waals surface area contributed by atoms with Crippen LogP contribution in [0.2, 0.25) is 0 Å². The topological polar surface area (TPSA) is 156 Å². The lowest BCUT2D eigenvalue weighted by atomic mass is 9.37. The van der Waals surface area contributed by atoms with Gasteiger partial charge in [-0.3, -0.25) is 14.4 Å². The number of ketones is 1. The van der Waals surface area contributed by atoms with Gasteiger partial charge in [-0.05, 0) is 61.7 Å². The van der Waals surface area contributed by atoms with Gasteiger partial charge in [0.25, 0.3) is 0 Å². The Morgan fingerprint density at radius 3 is 2.44 bits per heavy atom. The molecular formula is C24H33NO7. The minimum Gasteiger partial charge on any atom is -0.481 e. The Hall–Kier alpha value is -1.98. The van der Waals surface area contributed by atoms with Crippen molar-refractivity contribution in [3.8, 4) is 6.07 Å². The van der Waals surface area contributed by atoms with Gasteiger partial charge in [-0.15, -0.1) is 0 Å². The number of Topliss-reactive ketones (excluding diaryl/α,β-unsaturated/α-hetero) is 1. The van der Waals surface area contributed by atoms with E-state index in [1.165, 1.54) is 0 Å². The number of carboxylic acids is 2. The van der Waals surface area contributed by atoms with E-state index >= 15 is 0 Å². The largest absolute Gasteiger partial charge is 0.481 e. The standard InChI is InChI=1S/C24H33NO7/c1-21-6-3-13(26)9-23(21,12-25)10-14(20(30)31)18-15-4-7-24(32,8-5-17(28)29)22(15,2)11-16(27)19(18)21/h14-16,18-19,27,32H,3-11H2,1-2H3,(H,28,29)(H,30,31)/t14-,15+,16-,18+,19+,21-,22+,23?,24-/m1/s1. The number of aliphatic hydroxyl groups is 2. The second kappa shape index (κ2) is 7.26. The van der Waals surface area contributed by atoms with Crippen LogP contribution in [-0.4, -0.2) is 49.9 Å². The molecule has 0 saturated heterocycles. The van der Waals surface area contributed by atoms with Crippen molar-refractivity contribution in [2.75, 3.05) is 0 Å². The van der Waals surface area contributed by atoms with Gasteiger partial charge in [-0.1, -0.05) is 13.8 Å². The third-order valence-corrected chi connectivity index (χ3v) is 10.2. The summed E-state index contributed by atoms with van der Waals surface area (Å²) in [5.74, 6) is -4.09. The van der Waals surface area contributed by atoms with Crippen LogP contribution in [0.4, 0.5) is 0 Å². The van der Waals surface area contributed by atoms with E-state index in [0.717, 1.165) is 0 Å². The Morgan fingerprint density at radius 1 is 1.16 bits per heavy atom. The lowest BCUT2D eigenvalue weighted by molar-refractivity contribution is -0.227. The van der Waals surface area contributed by atoms with E-state index in [-0.39, 0.29) is 43.8 Å². The van der Waals surface area contributed by atoms with Crippen LogP contribution in [0.3, 0.4) is 0 Å². The highest BCUT2D eigenvalue weighted by atomic mass is 16.4. The van der Waals surface area contributed by atoms with Crippen molar-refractivity contribution in [3.63, 3.8) is 0 Å². The van der Waals surface area contributed by atoms with Crippen LogP contribution in [0.1, 0.15) is 71.6 Å². The maximum absolute atomic E-state index is 12.5. The fourth-order valence-corrected chi connectivity index (χ4v) is 8.51. The van der Waals surface area contributed by atoms with Gasteiger partial charge in [-0.2, -0.15) is 5.26 Å². The summed E-state index contributed by atoms with van der Waals surface area (Å²) in [4.78, 5) is 36.0. The van der Waals surface area contributed by atoms with Crippen molar-refractivity contribution in [2.24, 2.45) is 39.9 Å². The summed E-state index contributed by atoms with van der Waals surface area (Å²) in [5, 5.41) is 52.6. The molecule has 0 aromatic carbocycles. The Bertz CT molecular complexity index is 897. The van der Waals surface area contributed by atoms with E-state index in [1.807, 2.05) is 13.8 Å². The molecule has 4 saturated carbocycles. The van der Waals surface area contributed by atoms with E-state index in [9.17, 15) is 35.0 Å². The second-order valence-electron chi connectivity index (χ2n) is 11.3. The van der Waals surface area contributed by atoms with Crippen molar-refractivity contribution in [2.45, 2.75) is 83.3 Å². The zero-order valence-electron chi connectivity index (χ0n) is 18.7. The van der Waals surface area contributed by atoms with E-state index < -0.39 is 57.6 Å². The molecule has 8 heteroatoms. The number of hydrogen-bond acceptors (Lipinski definition) is 6. The molecule has 1 unspecified atom stereocenters. The third kappa shape index (κ3) is 2.90. The number of fused-ring (bicyclic) bond motifs is 5. The second-order valence-corrected chi connectivity index (χ2v) is 11.3. The first-order valence-corrected chi connectivity index (χ1v) is 11.6. The van der Waals surface area contributed by atoms with Crippen LogP contribution in [0.15, 0.2) is 0 Å². The van der Waals surface area contributed by atoms with Crippen molar-refractivity contribution >= 4 is 17.7 Å². The highest BCUT2D eigenvalue weighted by molar-refractivity contribution is 5.81. The molecule has 8 nitrogen and oxygen atoms in total. The smallest absolute Gasteiger partial charge is 0.306 e. The fourth-order valence-electron chi connectivity index (χ4n) is 8.51. The van der Waals surface area contributed by atoms with Gasteiger partial charge in [0.1, 0.15) is 5.78 Å². The average Bonchev–Trinajstić information content (AvgIpc) is 2.97. The lowest BCUT2D eigenvalue weighted by Gasteiger charge is -2.66. The van der Waals surface area contributed by atoms with Crippen molar-refractivity contribution < 1.29 is 34.8 Å². The van der Waals surface area contributed by atoms with E-state index in [4.69, 9.17) is 5.11 Å². The lowest BCUT2D eigenvalue weighted by Crippen LogP contribution is -2.67. The number of carbonyl (C=O) groups excluding carboxylic acids is 1. The quantitative estimate of drug-likeness (QED) is 0.512. The maximum atomic E-state index is 12.5. The van der Waals surface area contributed by atoms with E-state index in [0.29, 0.717) is 25.7 Å². The third-order valence-electron chi connectivity index (χ3n) is 10.2. The molecule has 0 spiro atoms. The van der Waals surface area contributed by atoms with Gasteiger partial charge in [0.05, 0.1) is 29.1 Å². The van der Waals surface area contributed by atoms with Crippen molar-refractivity contribution in [3.05, 3.63) is 0 Å². The molecule has 4 fully saturated rings. The summed E-state index contributed by atoms with van der Waals surface area (Å²) < 4.78 is 0. The number of nitriles is 1. The SMILES string of the molecule is C[C@]12C[C@@H](O)[C@H]3[C@@H]([C@H](C(=O)O)CC4(C#N)CC(=O)CC[C@]34C)[C@@H]1CC[C@@]2(O)CCC(=O)O. The number of aliphatic carboxylic acids is 2. The van der Waals surface area contributed by atoms with Crippen LogP contribution in [0.5, 0.6) is 0 Å². The molecule has 4 rings (SSSR count). The normalized spacial score (nSPS) is 50.0. The average molecular weight is 448 g/mol. The van der Waals surface area contributed by atoms with Crippen LogP contribution in [-0.2, 0) is 14.4 Å². The molecule has 4 aliphatic carbocycles. The number of nitrogens with zero attached hydrogens (tertiary/aromatic N) is 1. The Morgan fingerprint density at radius 2 is 1.84 bits per heavy atom. The summed E-state index contributed by atoms with van der Waals surface area (Å²) in [6.45, 7) is 3.81. The molecule has 0 aliphatic heterocycles. The number of carbonyl (C=O) groups is 3. The minimum atomic E-state index is -1.29. The molecule has 32 heavy (non-hydrogen) atoms. The maximum Gasteiger partial charge on any atom is 0.306 e. The van der Waals surface area contributed by atoms with Gasteiger partial charge in [0.15, 0.2) is 0 Å². The molecule has 9 atom stereocenters. The number of hydrogen-bond donors (Lipinski definition) is 4. The van der Waals surface area contributed by atoms with Crippen LogP contribution >= 0.6 is 0 Å². The first-order chi connectivity index (χ1) is 14.8. The fraction of sp³-hybridized carbons (Fsp3) is 0.833. The van der Waals surface area contributed by atoms with E-state index in [2.05, 4.69) is 6.07 Å². The summed E-state index contributed by atoms with van der Waals surface area (Å²) in [6.07, 6.45) is 0.916. The van der Waals surface area contributed by atoms with Crippen LogP contribution < -0.4 is 0 Å². The molecule has 0 heterocycles. The first-order valence-electron chi connectivity index (χ1n) is 11.6. The molecule has 4 N–H and O–H groups in total. The Balaban J connectivity index is 1.81. The summed E-state index contributed by atoms with van der Waals surface area (Å²) in [5.41, 5.74) is -3.93. The van der Waals surface area contributed by atoms with Crippen molar-refractivity contribution in [1.29, 1.82) is 5.26 Å². The van der Waals surface area contributed by atoms with Crippen molar-refractivity contribution in [1.82, 2.24) is 0 Å². The van der Waals surface area contributed by atoms with Gasteiger partial charge >= 0.3 is 11.9 Å². The minimum absolute atomic E-state index is 0.0181. The number of rotatable bonds is 4. The first kappa shape index (κ1) is 23.2. The molecule has 176 valence electrons. The molecule has 0 aromatic heterocycles. The zero-order valence-corrected chi connectivity index (χ0v) is 18.7. The number of carboxylic acid groups (broad SMARTS) is 2. The highest BCUT2D eigenvalue weighted by Gasteiger charge is 2.72. The van der Waals surface area contributed by atoms with Gasteiger partial charge in [-0.25, -0.2) is 0 Å². The number of aliphatic hydroxyl groups excluding tert-OH is 1. The predicted molar refractivity (Wildman–Crippen MR) is 111 cm³/mol. The summed E-state index contributed by atoms with van der Waals surface area (Å²) in [7, 11) is 0. The van der Waals surface area contributed by atoms with Gasteiger partial charge in [0.2, 0.25) is 0 Å². The Kier molecular flexibility index (Phi) is 5.26. The van der Waals surface area contributed by atoms with Gasteiger partial charge in [0, 0.05) is 24.7 Å². The summed E-state index contributed by atoms with van der Waals surface area (Å²) >= 11 is 0. The predicted octanol–water partition coefficient (Wildman–Crippen LogP) is 2.37. The Labute approximate surface area is 187 Å². The van der Waals surface area contributed by atoms with Gasteiger partial charge < -0.3 is 20.4 Å². The van der Waals surface area contributed by atoms with E-state index in [1.54, 1.807) is 0 Å². The molecule has 0 amide bonds. The zero-order chi connectivity index (χ0) is 23.7. The molecule has 0 radical (unpaired) electrons. The molecular weight excluding hydrogens is 414 g/mol. The van der Waals surface area contributed by atoms with Crippen LogP contribution in [0.25, 0.3) is 0 Å². The van der Waals surface area contributed by atoms with Crippen LogP contribution in [0, 0.1) is 51.2 Å². The molecule has 0 aromatic rings. The molecule has 4 aliphatic rings. The highest BCUT2D eigenvalue weighted by Crippen LogP contribution is 2.72. The monoisotopic (exact) mass is 447 g/mol. The summed E-state index contributed by atoms with van der Waals surface area (Å²) in [6, 6.07) is 2.34.